The number of nitrogens with zero attached hydrogens (tertiary/aromatic N) is 2. The number of benzene rings is 2. The number of nitrogens with one attached hydrogen (secondary N) is 1. The number of halogens is 1. The zero-order valence-electron chi connectivity index (χ0n) is 16.3. The zero-order chi connectivity index (χ0) is 21.3. The number of aromatic nitrogens is 2. The van der Waals surface area contributed by atoms with Gasteiger partial charge in [0.1, 0.15) is 10.5 Å². The molecule has 8 heteroatoms. The molecule has 0 saturated carbocycles. The van der Waals surface area contributed by atoms with E-state index in [9.17, 15) is 14.0 Å². The third-order valence-corrected chi connectivity index (χ3v) is 6.51. The number of carbonyl (C=O) groups is 1. The van der Waals surface area contributed by atoms with E-state index in [0.717, 1.165) is 22.9 Å². The van der Waals surface area contributed by atoms with Crippen LogP contribution < -0.4 is 10.9 Å². The number of carbonyl (C=O) groups excluding carboxylic acids is 1. The Balaban J connectivity index is 1.67. The first kappa shape index (κ1) is 20.3. The molecule has 4 rings (SSSR count). The summed E-state index contributed by atoms with van der Waals surface area (Å²) in [6.45, 7) is 3.99. The Bertz CT molecular complexity index is 1310. The first-order valence-electron chi connectivity index (χ1n) is 9.19. The average molecular weight is 440 g/mol. The number of fused-ring (bicyclic) bond motifs is 1. The predicted molar refractivity (Wildman–Crippen MR) is 120 cm³/mol. The van der Waals surface area contributed by atoms with Gasteiger partial charge in [-0.15, -0.1) is 11.3 Å². The van der Waals surface area contributed by atoms with Crippen molar-refractivity contribution in [2.24, 2.45) is 0 Å². The minimum Gasteiger partial charge on any atom is -0.323 e. The molecule has 1 amide bonds. The number of hydrogen-bond donors (Lipinski definition) is 1. The highest BCUT2D eigenvalue weighted by atomic mass is 32.2. The summed E-state index contributed by atoms with van der Waals surface area (Å²) in [6, 6.07) is 13.5. The summed E-state index contributed by atoms with van der Waals surface area (Å²) in [5.41, 5.74) is 3.42. The van der Waals surface area contributed by atoms with Crippen LogP contribution in [0.25, 0.3) is 15.9 Å². The highest BCUT2D eigenvalue weighted by Crippen LogP contribution is 2.25. The number of rotatable bonds is 5. The molecule has 5 nitrogen and oxygen atoms in total. The van der Waals surface area contributed by atoms with E-state index in [-0.39, 0.29) is 22.9 Å². The first-order chi connectivity index (χ1) is 14.4. The maximum absolute atomic E-state index is 13.8. The Morgan fingerprint density at radius 1 is 1.17 bits per heavy atom. The molecular formula is C22H18FN3O2S2. The quantitative estimate of drug-likeness (QED) is 0.354. The van der Waals surface area contributed by atoms with Crippen molar-refractivity contribution < 1.29 is 9.18 Å². The zero-order valence-corrected chi connectivity index (χ0v) is 17.9. The number of aryl methyl sites for hydroxylation is 2. The van der Waals surface area contributed by atoms with Gasteiger partial charge in [0.05, 0.1) is 22.6 Å². The summed E-state index contributed by atoms with van der Waals surface area (Å²) in [4.78, 5) is 30.1. The van der Waals surface area contributed by atoms with Crippen LogP contribution in [0.2, 0.25) is 0 Å². The van der Waals surface area contributed by atoms with Gasteiger partial charge in [0.25, 0.3) is 5.56 Å². The minimum absolute atomic E-state index is 0.0126. The molecule has 0 saturated heterocycles. The number of anilines is 1. The van der Waals surface area contributed by atoms with Crippen LogP contribution in [0.15, 0.2) is 63.9 Å². The number of amides is 1. The van der Waals surface area contributed by atoms with Crippen molar-refractivity contribution in [3.8, 4) is 5.69 Å². The van der Waals surface area contributed by atoms with E-state index in [1.165, 1.54) is 28.0 Å². The van der Waals surface area contributed by atoms with Gasteiger partial charge in [0.15, 0.2) is 5.16 Å². The molecule has 2 aromatic heterocycles. The molecule has 0 atom stereocenters. The summed E-state index contributed by atoms with van der Waals surface area (Å²) in [5, 5.41) is 4.79. The van der Waals surface area contributed by atoms with Crippen LogP contribution in [-0.2, 0) is 4.79 Å². The van der Waals surface area contributed by atoms with E-state index in [2.05, 4.69) is 10.3 Å². The number of thioether (sulfide) groups is 1. The van der Waals surface area contributed by atoms with Crippen molar-refractivity contribution in [2.75, 3.05) is 11.1 Å². The van der Waals surface area contributed by atoms with Crippen molar-refractivity contribution in [2.45, 2.75) is 19.0 Å². The first-order valence-corrected chi connectivity index (χ1v) is 11.1. The molecule has 4 aromatic rings. The van der Waals surface area contributed by atoms with E-state index in [0.29, 0.717) is 21.1 Å². The normalized spacial score (nSPS) is 11.0. The van der Waals surface area contributed by atoms with Crippen LogP contribution >= 0.6 is 23.1 Å². The lowest BCUT2D eigenvalue weighted by atomic mass is 10.1. The van der Waals surface area contributed by atoms with Crippen LogP contribution in [0.5, 0.6) is 0 Å². The summed E-state index contributed by atoms with van der Waals surface area (Å²) >= 11 is 2.48. The SMILES string of the molecule is Cc1ccc(-n2c(SCC(=O)Nc3ccccc3F)nc3ccsc3c2=O)cc1C. The third kappa shape index (κ3) is 4.01. The lowest BCUT2D eigenvalue weighted by molar-refractivity contribution is -0.113. The van der Waals surface area contributed by atoms with E-state index in [1.807, 2.05) is 37.4 Å². The Morgan fingerprint density at radius 3 is 2.73 bits per heavy atom. The second-order valence-corrected chi connectivity index (χ2v) is 8.61. The fraction of sp³-hybridized carbons (Fsp3) is 0.136. The fourth-order valence-corrected chi connectivity index (χ4v) is 4.53. The van der Waals surface area contributed by atoms with Gasteiger partial charge in [-0.2, -0.15) is 0 Å². The van der Waals surface area contributed by atoms with Gasteiger partial charge in [-0.1, -0.05) is 30.0 Å². The summed E-state index contributed by atoms with van der Waals surface area (Å²) < 4.78 is 15.9. The van der Waals surface area contributed by atoms with E-state index < -0.39 is 5.82 Å². The summed E-state index contributed by atoms with van der Waals surface area (Å²) in [7, 11) is 0. The molecule has 2 heterocycles. The van der Waals surface area contributed by atoms with Gasteiger partial charge >= 0.3 is 0 Å². The Hall–Kier alpha value is -2.97. The van der Waals surface area contributed by atoms with Gasteiger partial charge in [0.2, 0.25) is 5.91 Å². The van der Waals surface area contributed by atoms with Gasteiger partial charge < -0.3 is 5.32 Å². The van der Waals surface area contributed by atoms with Crippen molar-refractivity contribution >= 4 is 44.9 Å². The minimum atomic E-state index is -0.499. The van der Waals surface area contributed by atoms with E-state index >= 15 is 0 Å². The lowest BCUT2D eigenvalue weighted by Gasteiger charge is -2.13. The van der Waals surface area contributed by atoms with Crippen LogP contribution in [-0.4, -0.2) is 21.2 Å². The van der Waals surface area contributed by atoms with Gasteiger partial charge in [-0.3, -0.25) is 14.2 Å². The van der Waals surface area contributed by atoms with Crippen LogP contribution in [0.3, 0.4) is 0 Å². The number of thiophene rings is 1. The summed E-state index contributed by atoms with van der Waals surface area (Å²) in [6.07, 6.45) is 0. The van der Waals surface area contributed by atoms with Gasteiger partial charge in [-0.25, -0.2) is 9.37 Å². The van der Waals surface area contributed by atoms with Crippen LogP contribution in [0.1, 0.15) is 11.1 Å². The fourth-order valence-electron chi connectivity index (χ4n) is 2.96. The largest absolute Gasteiger partial charge is 0.323 e. The number of para-hydroxylation sites is 1. The van der Waals surface area contributed by atoms with Crippen molar-refractivity contribution in [3.05, 3.63) is 81.2 Å². The number of hydrogen-bond acceptors (Lipinski definition) is 5. The highest BCUT2D eigenvalue weighted by Gasteiger charge is 2.16. The van der Waals surface area contributed by atoms with E-state index in [1.54, 1.807) is 18.2 Å². The Labute approximate surface area is 180 Å². The molecule has 0 fully saturated rings. The third-order valence-electron chi connectivity index (χ3n) is 4.68. The standard InChI is InChI=1S/C22H18FN3O2S2/c1-13-7-8-15(11-14(13)2)26-21(28)20-18(9-10-29-20)25-22(26)30-12-19(27)24-17-6-4-3-5-16(17)23/h3-11H,12H2,1-2H3,(H,24,27). The van der Waals surface area contributed by atoms with Crippen LogP contribution in [0.4, 0.5) is 10.1 Å². The van der Waals surface area contributed by atoms with Crippen molar-refractivity contribution in [1.82, 2.24) is 9.55 Å². The Morgan fingerprint density at radius 2 is 1.97 bits per heavy atom. The lowest BCUT2D eigenvalue weighted by Crippen LogP contribution is -2.22. The topological polar surface area (TPSA) is 64.0 Å². The average Bonchev–Trinajstić information content (AvgIpc) is 3.19. The molecule has 152 valence electrons. The maximum atomic E-state index is 13.8. The van der Waals surface area contributed by atoms with Crippen molar-refractivity contribution in [1.29, 1.82) is 0 Å². The maximum Gasteiger partial charge on any atom is 0.276 e. The molecule has 0 aliphatic heterocycles. The van der Waals surface area contributed by atoms with Gasteiger partial charge in [-0.05, 0) is 60.7 Å². The highest BCUT2D eigenvalue weighted by molar-refractivity contribution is 7.99. The second kappa shape index (κ2) is 8.41. The molecule has 0 bridgehead atoms. The molecule has 1 N–H and O–H groups in total. The monoisotopic (exact) mass is 439 g/mol. The molecule has 0 radical (unpaired) electrons. The van der Waals surface area contributed by atoms with Crippen LogP contribution in [0, 0.1) is 19.7 Å². The molecule has 0 aliphatic carbocycles. The molecule has 2 aromatic carbocycles. The smallest absolute Gasteiger partial charge is 0.276 e. The van der Waals surface area contributed by atoms with Gasteiger partial charge in [0, 0.05) is 0 Å². The molecule has 0 spiro atoms. The molecule has 0 unspecified atom stereocenters. The van der Waals surface area contributed by atoms with E-state index in [4.69, 9.17) is 0 Å². The predicted octanol–water partition coefficient (Wildman–Crippen LogP) is 4.93. The second-order valence-electron chi connectivity index (χ2n) is 6.76. The van der Waals surface area contributed by atoms with Crippen molar-refractivity contribution in [3.63, 3.8) is 0 Å². The Kier molecular flexibility index (Phi) is 5.69. The molecule has 30 heavy (non-hydrogen) atoms. The molecular weight excluding hydrogens is 421 g/mol. The summed E-state index contributed by atoms with van der Waals surface area (Å²) in [5.74, 6) is -0.890. The molecule has 0 aliphatic rings.